The Kier molecular flexibility index (Phi) is 5.64. The summed E-state index contributed by atoms with van der Waals surface area (Å²) in [6.45, 7) is 5.57. The summed E-state index contributed by atoms with van der Waals surface area (Å²) in [6.07, 6.45) is 6.04. The highest BCUT2D eigenvalue weighted by atomic mass is 16.7. The molecule has 0 fully saturated rings. The molecule has 1 aliphatic rings. The molecule has 2 aromatic carbocycles. The summed E-state index contributed by atoms with van der Waals surface area (Å²) >= 11 is 0. The van der Waals surface area contributed by atoms with E-state index in [9.17, 15) is 0 Å². The molecule has 0 N–H and O–H groups in total. The molecule has 3 heterocycles. The maximum atomic E-state index is 5.60. The molecule has 0 saturated heterocycles. The van der Waals surface area contributed by atoms with Crippen LogP contribution in [0.4, 0.5) is 0 Å². The van der Waals surface area contributed by atoms with E-state index in [1.165, 1.54) is 5.56 Å². The van der Waals surface area contributed by atoms with Crippen molar-refractivity contribution in [3.8, 4) is 22.8 Å². The van der Waals surface area contributed by atoms with E-state index in [0.717, 1.165) is 60.3 Å². The van der Waals surface area contributed by atoms with Gasteiger partial charge in [-0.15, -0.1) is 0 Å². The van der Waals surface area contributed by atoms with E-state index in [2.05, 4.69) is 65.0 Å². The highest BCUT2D eigenvalue weighted by Crippen LogP contribution is 2.36. The van der Waals surface area contributed by atoms with E-state index < -0.39 is 0 Å². The highest BCUT2D eigenvalue weighted by Gasteiger charge is 2.19. The molecule has 4 aromatic rings. The molecule has 0 spiro atoms. The number of imidazole rings is 1. The SMILES string of the molecule is CCn1ccnc1CN(C)Cc1cn(Cc2ccccc2)nc1-c1ccc2c(c1)OCO2. The lowest BCUT2D eigenvalue weighted by Gasteiger charge is -2.17. The fourth-order valence-corrected chi connectivity index (χ4v) is 4.08. The van der Waals surface area contributed by atoms with Crippen molar-refractivity contribution in [2.24, 2.45) is 0 Å². The molecular formula is C25H27N5O2. The molecule has 5 rings (SSSR count). The van der Waals surface area contributed by atoms with Gasteiger partial charge in [-0.25, -0.2) is 4.98 Å². The van der Waals surface area contributed by atoms with Gasteiger partial charge in [-0.1, -0.05) is 30.3 Å². The van der Waals surface area contributed by atoms with Gasteiger partial charge in [0.15, 0.2) is 11.5 Å². The zero-order valence-corrected chi connectivity index (χ0v) is 18.4. The average molecular weight is 430 g/mol. The second kappa shape index (κ2) is 8.88. The number of aromatic nitrogens is 4. The van der Waals surface area contributed by atoms with Crippen LogP contribution < -0.4 is 9.47 Å². The first-order valence-corrected chi connectivity index (χ1v) is 10.9. The third kappa shape index (κ3) is 4.24. The number of hydrogen-bond acceptors (Lipinski definition) is 5. The van der Waals surface area contributed by atoms with Crippen molar-refractivity contribution < 1.29 is 9.47 Å². The van der Waals surface area contributed by atoms with Crippen LogP contribution in [-0.2, 0) is 26.2 Å². The summed E-state index contributed by atoms with van der Waals surface area (Å²) in [5, 5.41) is 4.96. The topological polar surface area (TPSA) is 57.3 Å². The van der Waals surface area contributed by atoms with Crippen LogP contribution in [-0.4, -0.2) is 38.1 Å². The number of rotatable bonds is 8. The van der Waals surface area contributed by atoms with Gasteiger partial charge in [-0.2, -0.15) is 5.10 Å². The normalized spacial score (nSPS) is 12.6. The molecule has 0 radical (unpaired) electrons. The third-order valence-corrected chi connectivity index (χ3v) is 5.66. The maximum absolute atomic E-state index is 5.60. The predicted octanol–water partition coefficient (Wildman–Crippen LogP) is 4.18. The smallest absolute Gasteiger partial charge is 0.231 e. The van der Waals surface area contributed by atoms with Crippen LogP contribution in [0.5, 0.6) is 11.5 Å². The largest absolute Gasteiger partial charge is 0.454 e. The Balaban J connectivity index is 1.44. The Morgan fingerprint density at radius 1 is 1.03 bits per heavy atom. The molecule has 0 aliphatic carbocycles. The van der Waals surface area contributed by atoms with Crippen LogP contribution in [0.2, 0.25) is 0 Å². The summed E-state index contributed by atoms with van der Waals surface area (Å²) in [4.78, 5) is 6.79. The second-order valence-electron chi connectivity index (χ2n) is 8.06. The van der Waals surface area contributed by atoms with Gasteiger partial charge in [0.05, 0.1) is 18.8 Å². The van der Waals surface area contributed by atoms with Crippen LogP contribution in [0.15, 0.2) is 67.1 Å². The summed E-state index contributed by atoms with van der Waals surface area (Å²) in [5.41, 5.74) is 4.37. The summed E-state index contributed by atoms with van der Waals surface area (Å²) in [5.74, 6) is 2.61. The van der Waals surface area contributed by atoms with Crippen LogP contribution >= 0.6 is 0 Å². The molecule has 7 nitrogen and oxygen atoms in total. The lowest BCUT2D eigenvalue weighted by molar-refractivity contribution is 0.174. The van der Waals surface area contributed by atoms with Gasteiger partial charge in [0.2, 0.25) is 6.79 Å². The molecule has 32 heavy (non-hydrogen) atoms. The summed E-state index contributed by atoms with van der Waals surface area (Å²) < 4.78 is 15.3. The van der Waals surface area contributed by atoms with Gasteiger partial charge in [0.25, 0.3) is 0 Å². The average Bonchev–Trinajstić information content (AvgIpc) is 3.53. The van der Waals surface area contributed by atoms with Gasteiger partial charge < -0.3 is 14.0 Å². The fourth-order valence-electron chi connectivity index (χ4n) is 4.08. The Morgan fingerprint density at radius 3 is 2.72 bits per heavy atom. The van der Waals surface area contributed by atoms with Gasteiger partial charge in [-0.3, -0.25) is 9.58 Å². The van der Waals surface area contributed by atoms with Gasteiger partial charge in [0.1, 0.15) is 5.82 Å². The van der Waals surface area contributed by atoms with Crippen molar-refractivity contribution >= 4 is 0 Å². The summed E-state index contributed by atoms with van der Waals surface area (Å²) in [6, 6.07) is 16.4. The molecule has 2 aromatic heterocycles. The molecular weight excluding hydrogens is 402 g/mol. The van der Waals surface area contributed by atoms with E-state index in [1.807, 2.05) is 35.3 Å². The quantitative estimate of drug-likeness (QED) is 0.421. The number of nitrogens with zero attached hydrogens (tertiary/aromatic N) is 5. The Labute approximate surface area is 187 Å². The van der Waals surface area contributed by atoms with E-state index in [-0.39, 0.29) is 6.79 Å². The lowest BCUT2D eigenvalue weighted by Crippen LogP contribution is -2.20. The van der Waals surface area contributed by atoms with Crippen LogP contribution in [0.3, 0.4) is 0 Å². The third-order valence-electron chi connectivity index (χ3n) is 5.66. The Hall–Kier alpha value is -3.58. The number of ether oxygens (including phenoxy) is 2. The maximum Gasteiger partial charge on any atom is 0.231 e. The monoisotopic (exact) mass is 429 g/mol. The predicted molar refractivity (Wildman–Crippen MR) is 122 cm³/mol. The van der Waals surface area contributed by atoms with Crippen molar-refractivity contribution in [2.45, 2.75) is 33.1 Å². The highest BCUT2D eigenvalue weighted by molar-refractivity contribution is 5.67. The van der Waals surface area contributed by atoms with Gasteiger partial charge in [-0.05, 0) is 37.7 Å². The zero-order valence-electron chi connectivity index (χ0n) is 18.4. The molecule has 0 saturated carbocycles. The molecule has 0 amide bonds. The van der Waals surface area contributed by atoms with Crippen molar-refractivity contribution in [2.75, 3.05) is 13.8 Å². The Morgan fingerprint density at radius 2 is 1.88 bits per heavy atom. The van der Waals surface area contributed by atoms with Gasteiger partial charge >= 0.3 is 0 Å². The van der Waals surface area contributed by atoms with Crippen molar-refractivity contribution in [3.05, 3.63) is 84.1 Å². The summed E-state index contributed by atoms with van der Waals surface area (Å²) in [7, 11) is 2.12. The van der Waals surface area contributed by atoms with E-state index in [0.29, 0.717) is 0 Å². The minimum atomic E-state index is 0.265. The number of aryl methyl sites for hydroxylation is 1. The number of benzene rings is 2. The second-order valence-corrected chi connectivity index (χ2v) is 8.06. The van der Waals surface area contributed by atoms with E-state index >= 15 is 0 Å². The Bertz CT molecular complexity index is 1200. The fraction of sp³-hybridized carbons (Fsp3) is 0.280. The van der Waals surface area contributed by atoms with Gasteiger partial charge in [0, 0.05) is 42.8 Å². The molecule has 0 unspecified atom stereocenters. The standard InChI is InChI=1S/C25H27N5O2/c1-3-29-12-11-26-24(29)17-28(2)15-21-16-30(14-19-7-5-4-6-8-19)27-25(21)20-9-10-22-23(13-20)32-18-31-22/h4-13,16H,3,14-15,17-18H2,1-2H3. The van der Waals surface area contributed by atoms with E-state index in [4.69, 9.17) is 14.6 Å². The first-order chi connectivity index (χ1) is 15.7. The van der Waals surface area contributed by atoms with Crippen LogP contribution in [0, 0.1) is 0 Å². The molecule has 7 heteroatoms. The first-order valence-electron chi connectivity index (χ1n) is 10.9. The molecule has 0 bridgehead atoms. The van der Waals surface area contributed by atoms with Crippen LogP contribution in [0.25, 0.3) is 11.3 Å². The van der Waals surface area contributed by atoms with Crippen LogP contribution in [0.1, 0.15) is 23.9 Å². The first kappa shape index (κ1) is 20.3. The van der Waals surface area contributed by atoms with Crippen molar-refractivity contribution in [3.63, 3.8) is 0 Å². The van der Waals surface area contributed by atoms with Crippen molar-refractivity contribution in [1.82, 2.24) is 24.2 Å². The number of hydrogen-bond donors (Lipinski definition) is 0. The molecule has 0 atom stereocenters. The lowest BCUT2D eigenvalue weighted by atomic mass is 10.1. The molecule has 1 aliphatic heterocycles. The molecule has 164 valence electrons. The minimum Gasteiger partial charge on any atom is -0.454 e. The number of fused-ring (bicyclic) bond motifs is 1. The van der Waals surface area contributed by atoms with E-state index in [1.54, 1.807) is 0 Å². The van der Waals surface area contributed by atoms with Crippen molar-refractivity contribution in [1.29, 1.82) is 0 Å². The minimum absolute atomic E-state index is 0.265. The zero-order chi connectivity index (χ0) is 21.9.